The molecule has 3 aromatic carbocycles. The smallest absolute Gasteiger partial charge is 0.260 e. The Morgan fingerprint density at radius 1 is 0.952 bits per heavy atom. The Bertz CT molecular complexity index is 2490. The highest BCUT2D eigenvalue weighted by molar-refractivity contribution is 7.92. The van der Waals surface area contributed by atoms with Crippen LogP contribution in [0.3, 0.4) is 0 Å². The maximum Gasteiger partial charge on any atom is 0.260 e. The van der Waals surface area contributed by atoms with Gasteiger partial charge in [0.1, 0.15) is 10.8 Å². The zero-order valence-corrected chi connectivity index (χ0v) is 38.0. The van der Waals surface area contributed by atoms with Crippen molar-refractivity contribution in [2.24, 2.45) is 0 Å². The number of sulfone groups is 1. The summed E-state index contributed by atoms with van der Waals surface area (Å²) in [5, 5.41) is 5.95. The first-order valence-electron chi connectivity index (χ1n) is 20.7. The van der Waals surface area contributed by atoms with E-state index in [9.17, 15) is 22.8 Å². The number of ether oxygens (including phenoxy) is 4. The molecule has 2 aliphatic heterocycles. The number of anilines is 4. The molecule has 63 heavy (non-hydrogen) atoms. The van der Waals surface area contributed by atoms with Gasteiger partial charge < -0.3 is 34.5 Å². The maximum atomic E-state index is 13.5. The lowest BCUT2D eigenvalue weighted by molar-refractivity contribution is -0.139. The summed E-state index contributed by atoms with van der Waals surface area (Å²) in [6.07, 6.45) is 9.35. The summed E-state index contributed by atoms with van der Waals surface area (Å²) in [4.78, 5) is 50.3. The van der Waals surface area contributed by atoms with E-state index >= 15 is 0 Å². The average molecular weight is 901 g/mol. The van der Waals surface area contributed by atoms with Gasteiger partial charge in [0.15, 0.2) is 33.8 Å². The van der Waals surface area contributed by atoms with Gasteiger partial charge in [-0.1, -0.05) is 29.8 Å². The molecule has 0 saturated carbocycles. The molecule has 6 rings (SSSR count). The van der Waals surface area contributed by atoms with Crippen molar-refractivity contribution in [2.45, 2.75) is 76.0 Å². The third-order valence-electron chi connectivity index (χ3n) is 10.6. The quantitative estimate of drug-likeness (QED) is 0.103. The number of benzene rings is 3. The van der Waals surface area contributed by atoms with Crippen LogP contribution in [0, 0.1) is 6.92 Å². The van der Waals surface area contributed by atoms with Gasteiger partial charge in [-0.05, 0) is 125 Å². The molecule has 1 saturated heterocycles. The van der Waals surface area contributed by atoms with Gasteiger partial charge in [-0.3, -0.25) is 19.3 Å². The Morgan fingerprint density at radius 3 is 2.30 bits per heavy atom. The molecule has 17 heteroatoms. The molecule has 334 valence electrons. The lowest BCUT2D eigenvalue weighted by Gasteiger charge is -2.33. The minimum Gasteiger partial charge on any atom is -0.493 e. The summed E-state index contributed by atoms with van der Waals surface area (Å²) in [5.74, 6) is 1.13. The van der Waals surface area contributed by atoms with E-state index in [4.69, 9.17) is 30.5 Å². The fraction of sp³-hybridized carbons (Fsp3) is 0.370. The van der Waals surface area contributed by atoms with E-state index in [1.54, 1.807) is 67.3 Å². The summed E-state index contributed by atoms with van der Waals surface area (Å²) in [5.41, 5.74) is 3.69. The average Bonchev–Trinajstić information content (AvgIpc) is 3.26. The van der Waals surface area contributed by atoms with Crippen LogP contribution >= 0.6 is 11.6 Å². The molecule has 0 radical (unpaired) electrons. The Balaban J connectivity index is 1.11. The second-order valence-corrected chi connectivity index (χ2v) is 18.5. The number of aromatic nitrogens is 2. The number of hydrogen-bond acceptors (Lipinski definition) is 13. The first kappa shape index (κ1) is 46.4. The van der Waals surface area contributed by atoms with Crippen molar-refractivity contribution in [1.29, 1.82) is 0 Å². The zero-order valence-electron chi connectivity index (χ0n) is 36.4. The molecule has 15 nitrogen and oxygen atoms in total. The lowest BCUT2D eigenvalue weighted by Crippen LogP contribution is -2.40. The van der Waals surface area contributed by atoms with Crippen molar-refractivity contribution < 1.29 is 41.7 Å². The SMILES string of the molecule is COc1cc(/C=C/C(=O)N2CCC=CC2=O)cc(OC)c1OCC(=O)N1CCC(c2cc(OC(C)C)c(Nc3ncc(Cl)c(Nc4ccccc4S(=O)(=O)C(C)C)n3)cc2C)CC1. The lowest BCUT2D eigenvalue weighted by atomic mass is 9.86. The van der Waals surface area contributed by atoms with Crippen molar-refractivity contribution >= 4 is 68.4 Å². The fourth-order valence-corrected chi connectivity index (χ4v) is 8.64. The number of likely N-dealkylation sites (tertiary alicyclic amines) is 1. The molecule has 0 atom stereocenters. The third kappa shape index (κ3) is 11.1. The number of methoxy groups -OCH3 is 2. The van der Waals surface area contributed by atoms with Crippen LogP contribution in [0.25, 0.3) is 6.08 Å². The van der Waals surface area contributed by atoms with E-state index in [1.165, 1.54) is 37.5 Å². The zero-order chi connectivity index (χ0) is 45.4. The summed E-state index contributed by atoms with van der Waals surface area (Å²) in [6.45, 7) is 10.3. The Kier molecular flexibility index (Phi) is 15.0. The van der Waals surface area contributed by atoms with Gasteiger partial charge in [0, 0.05) is 25.7 Å². The van der Waals surface area contributed by atoms with Gasteiger partial charge in [0.25, 0.3) is 17.7 Å². The van der Waals surface area contributed by atoms with Gasteiger partial charge in [-0.15, -0.1) is 0 Å². The number of hydrogen-bond donors (Lipinski definition) is 2. The van der Waals surface area contributed by atoms with Crippen LogP contribution in [0.5, 0.6) is 23.0 Å². The summed E-state index contributed by atoms with van der Waals surface area (Å²) < 4.78 is 49.6. The highest BCUT2D eigenvalue weighted by atomic mass is 35.5. The number of aryl methyl sites for hydroxylation is 1. The number of rotatable bonds is 16. The standard InChI is InChI=1S/C46H53ClN6O9S/c1-28(2)62-37-25-33(30(5)22-36(37)50-46-48-26-34(47)45(51-46)49-35-12-8-9-13-40(35)63(57,58)29(3)4)32-17-20-52(21-18-32)43(56)27-61-44-38(59-6)23-31(24-39(44)60-7)15-16-42(55)53-19-11-10-14-41(53)54/h8-10,12-16,22-26,28-29,32H,11,17-21,27H2,1-7H3,(H2,48,49,50,51)/b16-15+. The summed E-state index contributed by atoms with van der Waals surface area (Å²) in [6, 6.07) is 14.0. The Labute approximate surface area is 373 Å². The van der Waals surface area contributed by atoms with Gasteiger partial charge >= 0.3 is 0 Å². The maximum absolute atomic E-state index is 13.5. The van der Waals surface area contributed by atoms with Crippen LogP contribution in [-0.2, 0) is 24.2 Å². The van der Waals surface area contributed by atoms with Crippen molar-refractivity contribution in [2.75, 3.05) is 51.1 Å². The first-order valence-corrected chi connectivity index (χ1v) is 22.6. The van der Waals surface area contributed by atoms with Gasteiger partial charge in [0.2, 0.25) is 11.7 Å². The van der Waals surface area contributed by atoms with E-state index in [0.717, 1.165) is 24.0 Å². The highest BCUT2D eigenvalue weighted by Crippen LogP contribution is 2.41. The molecule has 1 aromatic heterocycles. The van der Waals surface area contributed by atoms with Gasteiger partial charge in [0.05, 0.1) is 48.0 Å². The minimum absolute atomic E-state index is 0.141. The second kappa shape index (κ2) is 20.4. The van der Waals surface area contributed by atoms with Crippen LogP contribution in [0.1, 0.15) is 69.6 Å². The van der Waals surface area contributed by atoms with Gasteiger partial charge in [-0.2, -0.15) is 4.98 Å². The highest BCUT2D eigenvalue weighted by Gasteiger charge is 2.28. The van der Waals surface area contributed by atoms with Crippen LogP contribution in [0.15, 0.2) is 77.9 Å². The second-order valence-electron chi connectivity index (χ2n) is 15.7. The first-order chi connectivity index (χ1) is 30.1. The summed E-state index contributed by atoms with van der Waals surface area (Å²) >= 11 is 6.50. The molecule has 1 fully saturated rings. The van der Waals surface area contributed by atoms with Crippen LogP contribution in [-0.4, -0.2) is 97.7 Å². The molecular weight excluding hydrogens is 848 g/mol. The van der Waals surface area contributed by atoms with E-state index in [-0.39, 0.29) is 57.9 Å². The Hall–Kier alpha value is -6.13. The largest absolute Gasteiger partial charge is 0.493 e. The summed E-state index contributed by atoms with van der Waals surface area (Å²) in [7, 11) is -0.656. The van der Waals surface area contributed by atoms with Crippen LogP contribution < -0.4 is 29.6 Å². The van der Waals surface area contributed by atoms with Crippen LogP contribution in [0.4, 0.5) is 23.1 Å². The number of imide groups is 1. The molecule has 0 spiro atoms. The van der Waals surface area contributed by atoms with Gasteiger partial charge in [-0.25, -0.2) is 13.4 Å². The monoisotopic (exact) mass is 900 g/mol. The van der Waals surface area contributed by atoms with E-state index in [2.05, 4.69) is 20.6 Å². The number of carbonyl (C=O) groups is 3. The molecule has 0 bridgehead atoms. The fourth-order valence-electron chi connectivity index (χ4n) is 7.30. The van der Waals surface area contributed by atoms with Crippen LogP contribution in [0.2, 0.25) is 5.02 Å². The predicted molar refractivity (Wildman–Crippen MR) is 242 cm³/mol. The molecule has 0 aliphatic carbocycles. The third-order valence-corrected chi connectivity index (χ3v) is 13.1. The van der Waals surface area contributed by atoms with E-state index < -0.39 is 21.0 Å². The minimum atomic E-state index is -3.60. The number of para-hydroxylation sites is 1. The molecule has 0 unspecified atom stereocenters. The molecule has 3 heterocycles. The predicted octanol–water partition coefficient (Wildman–Crippen LogP) is 8.03. The number of nitrogens with zero attached hydrogens (tertiary/aromatic N) is 4. The molecular formula is C46H53ClN6O9S. The van der Waals surface area contributed by atoms with Crippen molar-refractivity contribution in [3.63, 3.8) is 0 Å². The number of piperidine rings is 1. The topological polar surface area (TPSA) is 179 Å². The molecule has 2 N–H and O–H groups in total. The molecule has 4 aromatic rings. The van der Waals surface area contributed by atoms with Crippen molar-refractivity contribution in [3.05, 3.63) is 94.7 Å². The van der Waals surface area contributed by atoms with E-state index in [1.807, 2.05) is 32.9 Å². The molecule has 2 aliphatic rings. The van der Waals surface area contributed by atoms with Crippen molar-refractivity contribution in [3.8, 4) is 23.0 Å². The van der Waals surface area contributed by atoms with Crippen molar-refractivity contribution in [1.82, 2.24) is 19.8 Å². The number of halogens is 1. The number of nitrogens with one attached hydrogen (secondary N) is 2. The van der Waals surface area contributed by atoms with E-state index in [0.29, 0.717) is 60.2 Å². The molecule has 3 amide bonds. The number of carbonyl (C=O) groups excluding carboxylic acids is 3. The number of amides is 3. The normalized spacial score (nSPS) is 14.7. The Morgan fingerprint density at radius 2 is 1.65 bits per heavy atom.